The minimum absolute atomic E-state index is 0.141. The second-order valence-electron chi connectivity index (χ2n) is 3.45. The van der Waals surface area contributed by atoms with Crippen molar-refractivity contribution in [2.45, 2.75) is 20.3 Å². The van der Waals surface area contributed by atoms with E-state index in [4.69, 9.17) is 0 Å². The molecule has 0 fully saturated rings. The summed E-state index contributed by atoms with van der Waals surface area (Å²) in [4.78, 5) is 11.8. The molecule has 0 spiro atoms. The van der Waals surface area contributed by atoms with Crippen LogP contribution in [-0.2, 0) is 0 Å². The van der Waals surface area contributed by atoms with E-state index in [-0.39, 0.29) is 11.3 Å². The van der Waals surface area contributed by atoms with Crippen molar-refractivity contribution < 1.29 is 9.18 Å². The number of carbonyl (C=O) groups excluding carboxylic acids is 1. The van der Waals surface area contributed by atoms with E-state index in [1.165, 1.54) is 6.07 Å². The van der Waals surface area contributed by atoms with Crippen LogP contribution < -0.4 is 0 Å². The number of allylic oxidation sites excluding steroid dienone is 2. The highest BCUT2D eigenvalue weighted by atomic mass is 19.1. The van der Waals surface area contributed by atoms with Gasteiger partial charge < -0.3 is 0 Å². The molecule has 0 saturated heterocycles. The number of hydrogen-bond acceptors (Lipinski definition) is 1. The third kappa shape index (κ3) is 1.03. The Hall–Kier alpha value is -1.44. The Kier molecular flexibility index (Phi) is 1.99. The molecule has 1 aliphatic rings. The standard InChI is InChI=1S/C12H11FO/c1-3-8-7(2)9-5-4-6-10(13)11(9)12(8)14/h4-6H,3H2,1-2H3. The molecule has 0 aromatic heterocycles. The first-order chi connectivity index (χ1) is 6.66. The monoisotopic (exact) mass is 190 g/mol. The molecule has 0 amide bonds. The number of halogens is 1. The van der Waals surface area contributed by atoms with Crippen LogP contribution in [0.2, 0.25) is 0 Å². The van der Waals surface area contributed by atoms with E-state index in [1.807, 2.05) is 13.8 Å². The van der Waals surface area contributed by atoms with Gasteiger partial charge in [-0.25, -0.2) is 4.39 Å². The highest BCUT2D eigenvalue weighted by Gasteiger charge is 2.28. The topological polar surface area (TPSA) is 17.1 Å². The number of Topliss-reactive ketones (excluding diaryl/α,β-unsaturated/α-hetero) is 1. The molecule has 2 rings (SSSR count). The minimum atomic E-state index is -0.407. The highest BCUT2D eigenvalue weighted by molar-refractivity contribution is 6.20. The first-order valence-corrected chi connectivity index (χ1v) is 4.70. The fourth-order valence-electron chi connectivity index (χ4n) is 1.98. The lowest BCUT2D eigenvalue weighted by Gasteiger charge is -1.99. The van der Waals surface area contributed by atoms with Gasteiger partial charge in [0.05, 0.1) is 5.56 Å². The predicted octanol–water partition coefficient (Wildman–Crippen LogP) is 3.21. The smallest absolute Gasteiger partial charge is 0.192 e. The van der Waals surface area contributed by atoms with Gasteiger partial charge in [-0.1, -0.05) is 19.1 Å². The van der Waals surface area contributed by atoms with E-state index in [2.05, 4.69) is 0 Å². The van der Waals surface area contributed by atoms with Crippen molar-refractivity contribution in [3.05, 3.63) is 40.7 Å². The maximum Gasteiger partial charge on any atom is 0.192 e. The zero-order valence-electron chi connectivity index (χ0n) is 8.23. The maximum absolute atomic E-state index is 13.4. The van der Waals surface area contributed by atoms with Crippen LogP contribution in [0.5, 0.6) is 0 Å². The SMILES string of the molecule is CCC1=C(C)c2cccc(F)c2C1=O. The fraction of sp³-hybridized carbons (Fsp3) is 0.250. The van der Waals surface area contributed by atoms with E-state index in [1.54, 1.807) is 12.1 Å². The Labute approximate surface area is 82.3 Å². The molecular formula is C12H11FO. The van der Waals surface area contributed by atoms with E-state index < -0.39 is 5.82 Å². The quantitative estimate of drug-likeness (QED) is 0.664. The van der Waals surface area contributed by atoms with Crippen LogP contribution in [0, 0.1) is 5.82 Å². The molecule has 1 aromatic carbocycles. The van der Waals surface area contributed by atoms with Crippen molar-refractivity contribution in [3.8, 4) is 0 Å². The van der Waals surface area contributed by atoms with E-state index in [9.17, 15) is 9.18 Å². The molecule has 2 heteroatoms. The van der Waals surface area contributed by atoms with Crippen LogP contribution in [0.3, 0.4) is 0 Å². The van der Waals surface area contributed by atoms with Crippen LogP contribution in [0.4, 0.5) is 4.39 Å². The Morgan fingerprint density at radius 3 is 2.64 bits per heavy atom. The molecule has 0 atom stereocenters. The fourth-order valence-corrected chi connectivity index (χ4v) is 1.98. The average Bonchev–Trinajstić information content (AvgIpc) is 2.41. The summed E-state index contributed by atoms with van der Waals surface area (Å²) in [6.07, 6.45) is 0.665. The summed E-state index contributed by atoms with van der Waals surface area (Å²) < 4.78 is 13.4. The molecule has 0 radical (unpaired) electrons. The van der Waals surface area contributed by atoms with Gasteiger partial charge in [0.25, 0.3) is 0 Å². The summed E-state index contributed by atoms with van der Waals surface area (Å²) in [5.74, 6) is -0.548. The largest absolute Gasteiger partial charge is 0.289 e. The van der Waals surface area contributed by atoms with Crippen molar-refractivity contribution >= 4 is 11.4 Å². The Morgan fingerprint density at radius 2 is 2.07 bits per heavy atom. The number of fused-ring (bicyclic) bond motifs is 1. The van der Waals surface area contributed by atoms with Crippen LogP contribution in [-0.4, -0.2) is 5.78 Å². The molecular weight excluding hydrogens is 179 g/mol. The van der Waals surface area contributed by atoms with Gasteiger partial charge in [-0.15, -0.1) is 0 Å². The van der Waals surface area contributed by atoms with E-state index in [0.717, 1.165) is 16.7 Å². The molecule has 14 heavy (non-hydrogen) atoms. The Morgan fingerprint density at radius 1 is 1.36 bits per heavy atom. The van der Waals surface area contributed by atoms with Crippen LogP contribution in [0.25, 0.3) is 5.57 Å². The van der Waals surface area contributed by atoms with Crippen molar-refractivity contribution in [2.24, 2.45) is 0 Å². The van der Waals surface area contributed by atoms with Crippen molar-refractivity contribution in [1.29, 1.82) is 0 Å². The van der Waals surface area contributed by atoms with Crippen molar-refractivity contribution in [2.75, 3.05) is 0 Å². The van der Waals surface area contributed by atoms with E-state index in [0.29, 0.717) is 6.42 Å². The summed E-state index contributed by atoms with van der Waals surface area (Å²) in [5.41, 5.74) is 2.67. The van der Waals surface area contributed by atoms with Gasteiger partial charge >= 0.3 is 0 Å². The third-order valence-electron chi connectivity index (χ3n) is 2.72. The summed E-state index contributed by atoms with van der Waals surface area (Å²) in [6.45, 7) is 3.79. The first-order valence-electron chi connectivity index (χ1n) is 4.70. The first kappa shape index (κ1) is 9.13. The van der Waals surface area contributed by atoms with Crippen molar-refractivity contribution in [3.63, 3.8) is 0 Å². The zero-order chi connectivity index (χ0) is 10.3. The normalized spacial score (nSPS) is 14.9. The zero-order valence-corrected chi connectivity index (χ0v) is 8.23. The molecule has 0 heterocycles. The summed E-state index contributed by atoms with van der Waals surface area (Å²) >= 11 is 0. The van der Waals surface area contributed by atoms with Gasteiger partial charge in [0.1, 0.15) is 5.82 Å². The molecule has 0 unspecified atom stereocenters. The maximum atomic E-state index is 13.4. The second-order valence-corrected chi connectivity index (χ2v) is 3.45. The molecule has 1 nitrogen and oxygen atoms in total. The molecule has 1 aliphatic carbocycles. The lowest BCUT2D eigenvalue weighted by molar-refractivity contribution is 0.103. The van der Waals surface area contributed by atoms with Crippen LogP contribution in [0.15, 0.2) is 23.8 Å². The minimum Gasteiger partial charge on any atom is -0.289 e. The molecule has 1 aromatic rings. The Bertz CT molecular complexity index is 444. The second kappa shape index (κ2) is 3.05. The summed E-state index contributed by atoms with van der Waals surface area (Å²) in [7, 11) is 0. The molecule has 0 saturated carbocycles. The van der Waals surface area contributed by atoms with Crippen LogP contribution in [0.1, 0.15) is 36.2 Å². The number of hydrogen-bond donors (Lipinski definition) is 0. The predicted molar refractivity (Wildman–Crippen MR) is 53.6 cm³/mol. The third-order valence-corrected chi connectivity index (χ3v) is 2.72. The van der Waals surface area contributed by atoms with Gasteiger partial charge in [-0.3, -0.25) is 4.79 Å². The summed E-state index contributed by atoms with van der Waals surface area (Å²) in [6, 6.07) is 4.78. The van der Waals surface area contributed by atoms with Gasteiger partial charge in [0.15, 0.2) is 5.78 Å². The number of ketones is 1. The van der Waals surface area contributed by atoms with Gasteiger partial charge in [0, 0.05) is 5.57 Å². The number of carbonyl (C=O) groups is 1. The molecule has 0 bridgehead atoms. The van der Waals surface area contributed by atoms with Gasteiger partial charge in [-0.05, 0) is 30.5 Å². The lowest BCUT2D eigenvalue weighted by Crippen LogP contribution is -2.00. The Balaban J connectivity index is 2.70. The summed E-state index contributed by atoms with van der Waals surface area (Å²) in [5, 5.41) is 0. The van der Waals surface area contributed by atoms with Gasteiger partial charge in [0.2, 0.25) is 0 Å². The van der Waals surface area contributed by atoms with E-state index >= 15 is 0 Å². The van der Waals surface area contributed by atoms with Gasteiger partial charge in [-0.2, -0.15) is 0 Å². The number of benzene rings is 1. The van der Waals surface area contributed by atoms with Crippen molar-refractivity contribution in [1.82, 2.24) is 0 Å². The average molecular weight is 190 g/mol. The molecule has 0 N–H and O–H groups in total. The highest BCUT2D eigenvalue weighted by Crippen LogP contribution is 2.34. The lowest BCUT2D eigenvalue weighted by atomic mass is 10.1. The number of rotatable bonds is 1. The molecule has 72 valence electrons. The molecule has 0 aliphatic heterocycles. The van der Waals surface area contributed by atoms with Crippen LogP contribution >= 0.6 is 0 Å².